The van der Waals surface area contributed by atoms with E-state index in [-0.39, 0.29) is 12.6 Å². The van der Waals surface area contributed by atoms with Gasteiger partial charge in [-0.1, -0.05) is 12.7 Å². The monoisotopic (exact) mass is 658 g/mol. The van der Waals surface area contributed by atoms with Crippen LogP contribution in [0.25, 0.3) is 6.08 Å². The van der Waals surface area contributed by atoms with E-state index in [9.17, 15) is 0 Å². The van der Waals surface area contributed by atoms with E-state index in [1.807, 2.05) is 33.8 Å². The Balaban J connectivity index is 3.31. The third-order valence-corrected chi connectivity index (χ3v) is 5.97. The van der Waals surface area contributed by atoms with E-state index in [0.717, 1.165) is 27.8 Å². The standard InChI is InChI=1S/C16H21I3O4/c1-6-11-12(17)15(22-9(4)20-7-2)14(19)16(13(11)18)23-10(5)21-8-3/h6,9-10H,1,7-8H2,2-5H3. The van der Waals surface area contributed by atoms with Crippen molar-refractivity contribution in [2.45, 2.75) is 40.3 Å². The van der Waals surface area contributed by atoms with Gasteiger partial charge in [-0.2, -0.15) is 0 Å². The maximum absolute atomic E-state index is 5.99. The average Bonchev–Trinajstić information content (AvgIpc) is 2.49. The van der Waals surface area contributed by atoms with Crippen molar-refractivity contribution in [3.63, 3.8) is 0 Å². The van der Waals surface area contributed by atoms with Gasteiger partial charge in [-0.3, -0.25) is 0 Å². The summed E-state index contributed by atoms with van der Waals surface area (Å²) in [5.41, 5.74) is 0.990. The molecule has 0 aliphatic carbocycles. The Morgan fingerprint density at radius 3 is 1.57 bits per heavy atom. The third-order valence-electron chi connectivity index (χ3n) is 2.84. The molecule has 0 amide bonds. The zero-order valence-electron chi connectivity index (χ0n) is 13.6. The first-order chi connectivity index (χ1) is 10.9. The molecule has 0 aliphatic rings. The smallest absolute Gasteiger partial charge is 0.197 e. The number of halogens is 3. The lowest BCUT2D eigenvalue weighted by Gasteiger charge is -2.23. The molecule has 2 unspecified atom stereocenters. The highest BCUT2D eigenvalue weighted by molar-refractivity contribution is 14.1. The Hall–Kier alpha value is 0.670. The minimum absolute atomic E-state index is 0.336. The summed E-state index contributed by atoms with van der Waals surface area (Å²) < 4.78 is 25.9. The van der Waals surface area contributed by atoms with Gasteiger partial charge in [-0.25, -0.2) is 0 Å². The maximum Gasteiger partial charge on any atom is 0.197 e. The topological polar surface area (TPSA) is 36.9 Å². The van der Waals surface area contributed by atoms with Gasteiger partial charge in [0.2, 0.25) is 0 Å². The predicted octanol–water partition coefficient (Wildman–Crippen LogP) is 5.67. The summed E-state index contributed by atoms with van der Waals surface area (Å²) in [5, 5.41) is 0. The van der Waals surface area contributed by atoms with Crippen LogP contribution in [0.15, 0.2) is 6.58 Å². The normalized spacial score (nSPS) is 13.5. The van der Waals surface area contributed by atoms with Gasteiger partial charge in [0.1, 0.15) is 0 Å². The first-order valence-electron chi connectivity index (χ1n) is 7.26. The molecular weight excluding hydrogens is 637 g/mol. The fourth-order valence-electron chi connectivity index (χ4n) is 1.89. The van der Waals surface area contributed by atoms with E-state index in [0.29, 0.717) is 13.2 Å². The fraction of sp³-hybridized carbons (Fsp3) is 0.500. The lowest BCUT2D eigenvalue weighted by molar-refractivity contribution is -0.0664. The van der Waals surface area contributed by atoms with Gasteiger partial charge in [-0.05, 0) is 95.5 Å². The van der Waals surface area contributed by atoms with Gasteiger partial charge in [0.25, 0.3) is 0 Å². The van der Waals surface area contributed by atoms with E-state index in [1.165, 1.54) is 0 Å². The first kappa shape index (κ1) is 21.7. The van der Waals surface area contributed by atoms with Gasteiger partial charge >= 0.3 is 0 Å². The lowest BCUT2D eigenvalue weighted by atomic mass is 10.2. The number of rotatable bonds is 9. The van der Waals surface area contributed by atoms with Crippen molar-refractivity contribution in [2.75, 3.05) is 13.2 Å². The summed E-state index contributed by atoms with van der Waals surface area (Å²) in [5.74, 6) is 1.50. The van der Waals surface area contributed by atoms with Crippen LogP contribution in [0.3, 0.4) is 0 Å². The molecule has 4 nitrogen and oxygen atoms in total. The summed E-state index contributed by atoms with van der Waals surface area (Å²) in [6.07, 6.45) is 1.14. The molecule has 1 aromatic carbocycles. The van der Waals surface area contributed by atoms with Crippen LogP contribution < -0.4 is 9.47 Å². The number of benzene rings is 1. The van der Waals surface area contributed by atoms with Crippen molar-refractivity contribution < 1.29 is 18.9 Å². The van der Waals surface area contributed by atoms with Gasteiger partial charge in [0.15, 0.2) is 24.1 Å². The molecule has 0 fully saturated rings. The summed E-state index contributed by atoms with van der Waals surface area (Å²) in [6.45, 7) is 12.7. The van der Waals surface area contributed by atoms with Crippen molar-refractivity contribution in [1.29, 1.82) is 0 Å². The average molecular weight is 658 g/mol. The lowest BCUT2D eigenvalue weighted by Crippen LogP contribution is -2.20. The molecule has 0 aliphatic heterocycles. The molecule has 1 aromatic rings. The highest BCUT2D eigenvalue weighted by Crippen LogP contribution is 2.42. The summed E-state index contributed by atoms with van der Waals surface area (Å²) in [4.78, 5) is 0. The minimum Gasteiger partial charge on any atom is -0.463 e. The molecule has 2 atom stereocenters. The Kier molecular flexibility index (Phi) is 10.0. The molecule has 0 spiro atoms. The third kappa shape index (κ3) is 5.86. The molecule has 130 valence electrons. The van der Waals surface area contributed by atoms with E-state index in [1.54, 1.807) is 0 Å². The zero-order valence-corrected chi connectivity index (χ0v) is 20.1. The van der Waals surface area contributed by atoms with Crippen molar-refractivity contribution >= 4 is 73.8 Å². The Bertz CT molecular complexity index is 508. The second-order valence-corrected chi connectivity index (χ2v) is 7.74. The quantitative estimate of drug-likeness (QED) is 0.254. The van der Waals surface area contributed by atoms with Crippen LogP contribution in [0.2, 0.25) is 0 Å². The first-order valence-corrected chi connectivity index (χ1v) is 10.5. The van der Waals surface area contributed by atoms with E-state index in [2.05, 4.69) is 74.4 Å². The molecule has 0 radical (unpaired) electrons. The van der Waals surface area contributed by atoms with Crippen LogP contribution in [0.4, 0.5) is 0 Å². The summed E-state index contributed by atoms with van der Waals surface area (Å²) in [6, 6.07) is 0. The van der Waals surface area contributed by atoms with E-state index >= 15 is 0 Å². The van der Waals surface area contributed by atoms with Crippen molar-refractivity contribution in [1.82, 2.24) is 0 Å². The highest BCUT2D eigenvalue weighted by Gasteiger charge is 2.24. The predicted molar refractivity (Wildman–Crippen MR) is 118 cm³/mol. The molecule has 0 saturated heterocycles. The molecule has 0 heterocycles. The Labute approximate surface area is 179 Å². The van der Waals surface area contributed by atoms with E-state index < -0.39 is 0 Å². The summed E-state index contributed by atoms with van der Waals surface area (Å²) >= 11 is 6.79. The Morgan fingerprint density at radius 1 is 0.870 bits per heavy atom. The van der Waals surface area contributed by atoms with Crippen molar-refractivity contribution in [3.05, 3.63) is 22.9 Å². The van der Waals surface area contributed by atoms with Crippen LogP contribution >= 0.6 is 67.8 Å². The van der Waals surface area contributed by atoms with Crippen molar-refractivity contribution in [3.8, 4) is 11.5 Å². The maximum atomic E-state index is 5.99. The number of hydrogen-bond acceptors (Lipinski definition) is 4. The molecular formula is C16H21I3O4. The highest BCUT2D eigenvalue weighted by atomic mass is 127. The SMILES string of the molecule is C=Cc1c(I)c(OC(C)OCC)c(I)c(OC(C)OCC)c1I. The van der Waals surface area contributed by atoms with Gasteiger partial charge in [-0.15, -0.1) is 0 Å². The second-order valence-electron chi connectivity index (χ2n) is 4.50. The number of hydrogen-bond donors (Lipinski definition) is 0. The minimum atomic E-state index is -0.336. The molecule has 23 heavy (non-hydrogen) atoms. The van der Waals surface area contributed by atoms with Crippen molar-refractivity contribution in [2.24, 2.45) is 0 Å². The fourth-order valence-corrected chi connectivity index (χ4v) is 6.01. The Morgan fingerprint density at radius 2 is 1.26 bits per heavy atom. The molecule has 0 saturated carbocycles. The van der Waals surface area contributed by atoms with E-state index in [4.69, 9.17) is 18.9 Å². The molecule has 0 N–H and O–H groups in total. The molecule has 1 rings (SSSR count). The second kappa shape index (κ2) is 10.6. The van der Waals surface area contributed by atoms with Crippen LogP contribution in [-0.2, 0) is 9.47 Å². The van der Waals surface area contributed by atoms with Crippen LogP contribution in [-0.4, -0.2) is 25.8 Å². The van der Waals surface area contributed by atoms with Gasteiger partial charge in [0, 0.05) is 18.8 Å². The molecule has 7 heteroatoms. The summed E-state index contributed by atoms with van der Waals surface area (Å²) in [7, 11) is 0. The molecule has 0 bridgehead atoms. The van der Waals surface area contributed by atoms with Gasteiger partial charge in [0.05, 0.1) is 10.7 Å². The zero-order chi connectivity index (χ0) is 17.6. The largest absolute Gasteiger partial charge is 0.463 e. The van der Waals surface area contributed by atoms with Crippen LogP contribution in [0, 0.1) is 10.7 Å². The van der Waals surface area contributed by atoms with Crippen LogP contribution in [0.5, 0.6) is 11.5 Å². The molecule has 0 aromatic heterocycles. The number of ether oxygens (including phenoxy) is 4. The van der Waals surface area contributed by atoms with Crippen LogP contribution in [0.1, 0.15) is 33.3 Å². The van der Waals surface area contributed by atoms with Gasteiger partial charge < -0.3 is 18.9 Å².